The number of rotatable bonds is 7. The maximum atomic E-state index is 15.1. The number of anilines is 1. The number of aryl methyl sites for hydroxylation is 2. The number of nitrogens with zero attached hydrogens (tertiary/aromatic N) is 4. The Hall–Kier alpha value is -2.90. The van der Waals surface area contributed by atoms with Gasteiger partial charge in [-0.15, -0.1) is 0 Å². The number of pyridine rings is 1. The van der Waals surface area contributed by atoms with Gasteiger partial charge < -0.3 is 25.6 Å². The van der Waals surface area contributed by atoms with Gasteiger partial charge in [-0.2, -0.15) is 0 Å². The van der Waals surface area contributed by atoms with Crippen LogP contribution in [0.3, 0.4) is 0 Å². The summed E-state index contributed by atoms with van der Waals surface area (Å²) in [5.41, 5.74) is 9.18. The molecule has 2 aromatic carbocycles. The van der Waals surface area contributed by atoms with E-state index < -0.39 is 11.8 Å². The minimum atomic E-state index is -1.18. The molecule has 0 aliphatic carbocycles. The summed E-state index contributed by atoms with van der Waals surface area (Å²) in [6, 6.07) is 6.10. The number of hydrogen-bond donors (Lipinski definition) is 2. The van der Waals surface area contributed by atoms with Gasteiger partial charge in [-0.05, 0) is 86.7 Å². The molecule has 0 bridgehead atoms. The molecule has 3 heterocycles. The summed E-state index contributed by atoms with van der Waals surface area (Å²) in [6.07, 6.45) is 5.82. The Morgan fingerprint density at radius 2 is 2.08 bits per heavy atom. The Morgan fingerprint density at radius 1 is 1.30 bits per heavy atom. The number of aliphatic carboxylic acids is 1. The predicted octanol–water partition coefficient (Wildman–Crippen LogP) is 1.11. The first-order valence-corrected chi connectivity index (χ1v) is 14.2. The number of nitrogens with two attached hydrogens (primary N) is 1. The summed E-state index contributed by atoms with van der Waals surface area (Å²) < 4.78 is 15.1. The summed E-state index contributed by atoms with van der Waals surface area (Å²) in [6.45, 7) is 5.47. The number of carbonyl (C=O) groups excluding carboxylic acids is 1. The standard InChI is InChI=1S/C29H32FN5O3S.Li/c1-16-25(20-13-18(36)12-17-8-9-22(30)19(24(17)20)6-4-7-23(37)38)32-14-21-26(16)33-28(39-3)34-27(21)35-11-5-10-29(2,31)15-35;/h8-9,12-14,36H,4-7,10-11,15,31H2,1-3H3,(H,37,38);/q;+1/p-1/t29-;/m1./s1. The fourth-order valence-corrected chi connectivity index (χ4v) is 5.93. The molecule has 0 amide bonds. The van der Waals surface area contributed by atoms with E-state index in [4.69, 9.17) is 20.7 Å². The summed E-state index contributed by atoms with van der Waals surface area (Å²) in [4.78, 5) is 27.7. The molecule has 2 aromatic heterocycles. The van der Waals surface area contributed by atoms with Gasteiger partial charge in [0.05, 0.1) is 16.6 Å². The molecule has 1 saturated heterocycles. The van der Waals surface area contributed by atoms with E-state index in [1.165, 1.54) is 17.8 Å². The number of carboxylic acids is 1. The second-order valence-corrected chi connectivity index (χ2v) is 11.3. The van der Waals surface area contributed by atoms with E-state index in [0.717, 1.165) is 41.7 Å². The Bertz CT molecular complexity index is 1600. The zero-order chi connectivity index (χ0) is 27.9. The second kappa shape index (κ2) is 11.9. The molecule has 5 rings (SSSR count). The fraction of sp³-hybridized carbons (Fsp3) is 0.379. The molecular weight excluding hydrogens is 524 g/mol. The smallest absolute Gasteiger partial charge is 0.550 e. The number of piperidine rings is 1. The Balaban J connectivity index is 0.00000370. The van der Waals surface area contributed by atoms with Gasteiger partial charge in [0.25, 0.3) is 0 Å². The predicted molar refractivity (Wildman–Crippen MR) is 150 cm³/mol. The number of carbonyl (C=O) groups is 1. The van der Waals surface area contributed by atoms with Gasteiger partial charge in [0.15, 0.2) is 5.16 Å². The average Bonchev–Trinajstić information content (AvgIpc) is 2.88. The van der Waals surface area contributed by atoms with Crippen LogP contribution in [0.25, 0.3) is 32.9 Å². The number of aromatic hydroxyl groups is 1. The van der Waals surface area contributed by atoms with E-state index >= 15 is 4.39 Å². The number of hydrogen-bond acceptors (Lipinski definition) is 9. The van der Waals surface area contributed by atoms with E-state index in [1.54, 1.807) is 24.4 Å². The number of thioether (sulfide) groups is 1. The van der Waals surface area contributed by atoms with Crippen LogP contribution in [0, 0.1) is 12.7 Å². The maximum absolute atomic E-state index is 15.1. The molecule has 3 N–H and O–H groups in total. The van der Waals surface area contributed by atoms with E-state index in [-0.39, 0.29) is 49.4 Å². The van der Waals surface area contributed by atoms with Crippen molar-refractivity contribution < 1.29 is 38.3 Å². The number of phenols is 1. The van der Waals surface area contributed by atoms with E-state index in [2.05, 4.69) is 11.8 Å². The van der Waals surface area contributed by atoms with Crippen molar-refractivity contribution in [3.05, 3.63) is 47.4 Å². The van der Waals surface area contributed by atoms with Crippen LogP contribution < -0.4 is 34.6 Å². The van der Waals surface area contributed by atoms with Crippen LogP contribution >= 0.6 is 11.8 Å². The number of benzene rings is 2. The topological polar surface area (TPSA) is 128 Å². The van der Waals surface area contributed by atoms with Crippen molar-refractivity contribution in [3.63, 3.8) is 0 Å². The van der Waals surface area contributed by atoms with Crippen molar-refractivity contribution in [3.8, 4) is 17.0 Å². The first-order valence-electron chi connectivity index (χ1n) is 13.0. The van der Waals surface area contributed by atoms with E-state index in [9.17, 15) is 15.0 Å². The summed E-state index contributed by atoms with van der Waals surface area (Å²) in [5.74, 6) is -0.799. The molecule has 0 radical (unpaired) electrons. The van der Waals surface area contributed by atoms with Gasteiger partial charge in [0, 0.05) is 41.9 Å². The molecule has 4 aromatic rings. The number of phenolic OH excluding ortho intramolecular Hbond substituents is 1. The molecule has 40 heavy (non-hydrogen) atoms. The quantitative estimate of drug-likeness (QED) is 0.196. The number of aromatic nitrogens is 3. The maximum Gasteiger partial charge on any atom is 1.00 e. The third-order valence-corrected chi connectivity index (χ3v) is 7.91. The molecule has 11 heteroatoms. The van der Waals surface area contributed by atoms with Crippen molar-refractivity contribution in [1.82, 2.24) is 15.0 Å². The summed E-state index contributed by atoms with van der Waals surface area (Å²) >= 11 is 1.45. The minimum Gasteiger partial charge on any atom is -0.550 e. The van der Waals surface area contributed by atoms with Crippen molar-refractivity contribution in [2.24, 2.45) is 5.73 Å². The zero-order valence-corrected chi connectivity index (χ0v) is 24.1. The molecule has 1 fully saturated rings. The van der Waals surface area contributed by atoms with Crippen molar-refractivity contribution in [1.29, 1.82) is 0 Å². The monoisotopic (exact) mass is 555 g/mol. The third-order valence-electron chi connectivity index (χ3n) is 7.36. The second-order valence-electron chi connectivity index (χ2n) is 10.6. The molecule has 1 atom stereocenters. The Kier molecular flexibility index (Phi) is 8.95. The van der Waals surface area contributed by atoms with Crippen LogP contribution in [0.5, 0.6) is 5.75 Å². The van der Waals surface area contributed by atoms with Gasteiger partial charge in [-0.1, -0.05) is 17.8 Å². The summed E-state index contributed by atoms with van der Waals surface area (Å²) in [7, 11) is 0. The molecule has 0 saturated carbocycles. The van der Waals surface area contributed by atoms with E-state index in [0.29, 0.717) is 39.3 Å². The SMILES string of the molecule is CSc1nc(N2CCC[C@@](C)(N)C2)c2cnc(-c3cc(O)cc4ccc(F)c(CCCC(=O)[O-])c34)c(C)c2n1.[Li+]. The molecule has 1 aliphatic heterocycles. The van der Waals surface area contributed by atoms with Gasteiger partial charge in [-0.3, -0.25) is 4.98 Å². The van der Waals surface area contributed by atoms with Crippen molar-refractivity contribution in [2.45, 2.75) is 56.6 Å². The normalized spacial score (nSPS) is 17.3. The average molecular weight is 556 g/mol. The Morgan fingerprint density at radius 3 is 2.77 bits per heavy atom. The van der Waals surface area contributed by atoms with Crippen LogP contribution in [0.2, 0.25) is 0 Å². The Labute approximate surface area is 248 Å². The molecule has 1 aliphatic rings. The number of halogens is 1. The van der Waals surface area contributed by atoms with Crippen LogP contribution in [0.1, 0.15) is 43.7 Å². The summed E-state index contributed by atoms with van der Waals surface area (Å²) in [5, 5.41) is 24.2. The van der Waals surface area contributed by atoms with Gasteiger partial charge >= 0.3 is 18.9 Å². The van der Waals surface area contributed by atoms with Gasteiger partial charge in [0.1, 0.15) is 17.4 Å². The van der Waals surface area contributed by atoms with Crippen molar-refractivity contribution in [2.75, 3.05) is 24.2 Å². The molecular formula is C29H31FLiN5O3S. The van der Waals surface area contributed by atoms with Crippen LogP contribution in [0.4, 0.5) is 10.2 Å². The number of carboxylic acid groups (broad SMARTS) is 1. The molecule has 8 nitrogen and oxygen atoms in total. The fourth-order valence-electron chi connectivity index (χ4n) is 5.57. The first kappa shape index (κ1) is 30.1. The van der Waals surface area contributed by atoms with Crippen LogP contribution in [0.15, 0.2) is 35.6 Å². The van der Waals surface area contributed by atoms with Crippen LogP contribution in [-0.2, 0) is 11.2 Å². The number of fused-ring (bicyclic) bond motifs is 2. The molecule has 204 valence electrons. The van der Waals surface area contributed by atoms with Gasteiger partial charge in [-0.25, -0.2) is 14.4 Å². The van der Waals surface area contributed by atoms with Gasteiger partial charge in [0.2, 0.25) is 0 Å². The largest absolute Gasteiger partial charge is 1.00 e. The van der Waals surface area contributed by atoms with E-state index in [1.807, 2.05) is 13.2 Å². The van der Waals surface area contributed by atoms with Crippen LogP contribution in [-0.4, -0.2) is 50.9 Å². The zero-order valence-electron chi connectivity index (χ0n) is 23.3. The third kappa shape index (κ3) is 5.91. The first-order chi connectivity index (χ1) is 18.6. The molecule has 0 unspecified atom stereocenters. The molecule has 0 spiro atoms. The van der Waals surface area contributed by atoms with Crippen molar-refractivity contribution >= 4 is 45.2 Å². The minimum absolute atomic E-state index is 0.